The molecule has 0 unspecified atom stereocenters. The second kappa shape index (κ2) is 29.1. The van der Waals surface area contributed by atoms with Gasteiger partial charge in [0.05, 0.1) is 34.0 Å². The number of amides is 1. The van der Waals surface area contributed by atoms with Gasteiger partial charge in [0.1, 0.15) is 28.8 Å². The quantitative estimate of drug-likeness (QED) is 0.0658. The SMILES string of the molecule is C.CC(C)(C)Oc1ccc([C@@H](O)[C@@H](CN2CCCC2)NC(=O)[C@@H]2CCN(c3ccc(Cl)cc3)C2)cc1Cl.CC(C)(C)Oc1ccc([C@@H](O)[C@H](N)CN2CCCC2)cc1Cl.N.O=C(O)[C@@H]1CCN(c2ccc(Cl)cc2)C1. The highest BCUT2D eigenvalue weighted by atomic mass is 35.5. The summed E-state index contributed by atoms with van der Waals surface area (Å²) in [5.74, 6) is 0.104. The number of anilines is 2. The van der Waals surface area contributed by atoms with Crippen LogP contribution in [0.4, 0.5) is 11.4 Å². The number of nitrogens with two attached hydrogens (primary N) is 1. The summed E-state index contributed by atoms with van der Waals surface area (Å²) in [6.07, 6.45) is 4.59. The number of halogens is 4. The van der Waals surface area contributed by atoms with E-state index in [1.165, 1.54) is 12.8 Å². The molecule has 1 amide bonds. The average Bonchev–Trinajstić information content (AvgIpc) is 4.20. The minimum Gasteiger partial charge on any atom is -0.487 e. The lowest BCUT2D eigenvalue weighted by Crippen LogP contribution is -2.48. The molecule has 9 N–H and O–H groups in total. The molecular weight excluding hydrogens is 1040 g/mol. The minimum atomic E-state index is -0.885. The van der Waals surface area contributed by atoms with Crippen LogP contribution in [0.1, 0.15) is 111 Å². The van der Waals surface area contributed by atoms with Crippen molar-refractivity contribution in [2.75, 3.05) is 75.2 Å². The molecule has 4 heterocycles. The summed E-state index contributed by atoms with van der Waals surface area (Å²) in [6, 6.07) is 25.2. The molecule has 0 radical (unpaired) electrons. The fourth-order valence-corrected chi connectivity index (χ4v) is 10.3. The van der Waals surface area contributed by atoms with E-state index in [9.17, 15) is 19.8 Å². The molecule has 4 saturated heterocycles. The second-order valence-corrected chi connectivity index (χ2v) is 23.3. The molecule has 8 rings (SSSR count). The topological polar surface area (TPSA) is 199 Å². The number of aliphatic hydroxyl groups excluding tert-OH is 2. The number of carboxylic acid groups (broad SMARTS) is 1. The number of hydrogen-bond acceptors (Lipinski definition) is 12. The molecule has 4 aliphatic rings. The van der Waals surface area contributed by atoms with Gasteiger partial charge in [0.15, 0.2) is 0 Å². The normalized spacial score (nSPS) is 19.5. The molecule has 14 nitrogen and oxygen atoms in total. The maximum atomic E-state index is 13.3. The van der Waals surface area contributed by atoms with E-state index in [0.717, 1.165) is 81.9 Å². The molecule has 0 bridgehead atoms. The fourth-order valence-electron chi connectivity index (χ4n) is 9.55. The lowest BCUT2D eigenvalue weighted by molar-refractivity contribution is -0.141. The van der Waals surface area contributed by atoms with Crippen LogP contribution >= 0.6 is 46.4 Å². The maximum Gasteiger partial charge on any atom is 0.308 e. The lowest BCUT2D eigenvalue weighted by atomic mass is 9.99. The Hall–Kier alpha value is -4.06. The average molecular weight is 1120 g/mol. The monoisotopic (exact) mass is 1120 g/mol. The summed E-state index contributed by atoms with van der Waals surface area (Å²) in [7, 11) is 0. The van der Waals surface area contributed by atoms with Crippen LogP contribution in [0.15, 0.2) is 84.9 Å². The molecule has 6 atom stereocenters. The first kappa shape index (κ1) is 63.5. The number of hydrogen-bond donors (Lipinski definition) is 6. The molecule has 18 heteroatoms. The van der Waals surface area contributed by atoms with Crippen LogP contribution in [0.25, 0.3) is 0 Å². The number of ether oxygens (including phenoxy) is 2. The van der Waals surface area contributed by atoms with E-state index < -0.39 is 24.2 Å². The van der Waals surface area contributed by atoms with Crippen LogP contribution in [0.2, 0.25) is 20.1 Å². The molecule has 4 aliphatic heterocycles. The molecule has 0 saturated carbocycles. The second-order valence-electron chi connectivity index (χ2n) is 21.6. The Morgan fingerprint density at radius 2 is 1.03 bits per heavy atom. The fraction of sp³-hybridized carbons (Fsp3) is 0.544. The Kier molecular flexibility index (Phi) is 24.6. The molecule has 0 aromatic heterocycles. The zero-order chi connectivity index (χ0) is 53.0. The van der Waals surface area contributed by atoms with Crippen LogP contribution in [-0.4, -0.2) is 126 Å². The van der Waals surface area contributed by atoms with Crippen molar-refractivity contribution in [3.05, 3.63) is 116 Å². The van der Waals surface area contributed by atoms with Crippen molar-refractivity contribution in [1.29, 1.82) is 0 Å². The Balaban J connectivity index is 0.000000265. The zero-order valence-electron chi connectivity index (χ0n) is 43.9. The predicted octanol–water partition coefficient (Wildman–Crippen LogP) is 11.3. The third-order valence-electron chi connectivity index (χ3n) is 13.3. The van der Waals surface area contributed by atoms with Gasteiger partial charge in [0.25, 0.3) is 0 Å². The lowest BCUT2D eigenvalue weighted by Gasteiger charge is -2.30. The van der Waals surface area contributed by atoms with Gasteiger partial charge in [-0.15, -0.1) is 0 Å². The number of nitrogens with one attached hydrogen (secondary N) is 1. The van der Waals surface area contributed by atoms with Gasteiger partial charge in [-0.1, -0.05) is 66.0 Å². The number of carbonyl (C=O) groups excluding carboxylic acids is 1. The standard InChI is InChI=1S/C28H37Cl2N3O3.C17H27ClN2O2.C11H12ClNO2.CH4.H3N/c1-28(2,3)36-25-11-6-19(16-23(25)30)26(34)24(18-32-13-4-5-14-32)31-27(35)20-12-15-33(17-20)22-9-7-21(29)8-10-22;1-17(2,3)22-15-7-6-12(10-13(15)18)16(21)14(19)11-20-8-4-5-9-20;12-9-1-3-10(4-2-9)13-6-5-8(7-13)11(14)15;;/h6-11,16,20,24,26,34H,4-5,12-15,17-18H2,1-3H3,(H,31,35);6-7,10,14,16,21H,4-5,8-9,11,19H2,1-3H3;1-4,8H,5-7H2,(H,14,15);1H4;1H3/t20-,24-,26-;14-,16-;8-;;/m111../s1. The first-order valence-electron chi connectivity index (χ1n) is 25.6. The van der Waals surface area contributed by atoms with Gasteiger partial charge < -0.3 is 61.6 Å². The van der Waals surface area contributed by atoms with Crippen molar-refractivity contribution in [3.8, 4) is 11.5 Å². The summed E-state index contributed by atoms with van der Waals surface area (Å²) in [5, 5.41) is 36.2. The summed E-state index contributed by atoms with van der Waals surface area (Å²) in [6.45, 7) is 20.0. The van der Waals surface area contributed by atoms with Gasteiger partial charge in [0.2, 0.25) is 5.91 Å². The van der Waals surface area contributed by atoms with Gasteiger partial charge in [-0.2, -0.15) is 0 Å². The molecular formula is C57H83Cl4N7O7. The molecule has 75 heavy (non-hydrogen) atoms. The summed E-state index contributed by atoms with van der Waals surface area (Å²) in [4.78, 5) is 33.0. The first-order valence-corrected chi connectivity index (χ1v) is 27.1. The summed E-state index contributed by atoms with van der Waals surface area (Å²) in [5.41, 5.74) is 8.98. The number of benzene rings is 4. The van der Waals surface area contributed by atoms with Crippen molar-refractivity contribution < 1.29 is 34.4 Å². The first-order chi connectivity index (χ1) is 34.5. The van der Waals surface area contributed by atoms with Gasteiger partial charge in [-0.3, -0.25) is 9.59 Å². The Bertz CT molecular complexity index is 2390. The van der Waals surface area contributed by atoms with E-state index in [0.29, 0.717) is 63.3 Å². The Morgan fingerprint density at radius 3 is 1.43 bits per heavy atom. The van der Waals surface area contributed by atoms with Gasteiger partial charge in [-0.05, 0) is 190 Å². The molecule has 0 aliphatic carbocycles. The van der Waals surface area contributed by atoms with E-state index in [1.54, 1.807) is 24.3 Å². The Morgan fingerprint density at radius 1 is 0.627 bits per heavy atom. The number of likely N-dealkylation sites (tertiary alicyclic amines) is 2. The van der Waals surface area contributed by atoms with E-state index >= 15 is 0 Å². The largest absolute Gasteiger partial charge is 0.487 e. The van der Waals surface area contributed by atoms with Crippen LogP contribution in [0.5, 0.6) is 11.5 Å². The van der Waals surface area contributed by atoms with Gasteiger partial charge in [0, 0.05) is 66.7 Å². The molecule has 0 spiro atoms. The number of carboxylic acids is 1. The van der Waals surface area contributed by atoms with Gasteiger partial charge in [-0.25, -0.2) is 0 Å². The maximum absolute atomic E-state index is 13.3. The van der Waals surface area contributed by atoms with Crippen molar-refractivity contribution in [3.63, 3.8) is 0 Å². The van der Waals surface area contributed by atoms with E-state index in [1.807, 2.05) is 102 Å². The number of carbonyl (C=O) groups is 2. The third kappa shape index (κ3) is 19.7. The summed E-state index contributed by atoms with van der Waals surface area (Å²) >= 11 is 24.6. The van der Waals surface area contributed by atoms with Crippen molar-refractivity contribution in [2.45, 2.75) is 123 Å². The minimum absolute atomic E-state index is 0. The molecule has 4 fully saturated rings. The van der Waals surface area contributed by atoms with Crippen LogP contribution < -0.4 is 36.5 Å². The smallest absolute Gasteiger partial charge is 0.308 e. The van der Waals surface area contributed by atoms with Crippen molar-refractivity contribution in [1.82, 2.24) is 21.3 Å². The number of aliphatic hydroxyl groups is 2. The number of rotatable bonds is 15. The van der Waals surface area contributed by atoms with Crippen LogP contribution in [-0.2, 0) is 9.59 Å². The van der Waals surface area contributed by atoms with Gasteiger partial charge >= 0.3 is 5.97 Å². The highest BCUT2D eigenvalue weighted by Gasteiger charge is 2.34. The number of nitrogens with zero attached hydrogens (tertiary/aromatic N) is 4. The zero-order valence-corrected chi connectivity index (χ0v) is 46.9. The third-order valence-corrected chi connectivity index (χ3v) is 14.4. The van der Waals surface area contributed by atoms with E-state index in [2.05, 4.69) is 24.9 Å². The number of aliphatic carboxylic acids is 1. The highest BCUT2D eigenvalue weighted by molar-refractivity contribution is 6.32. The highest BCUT2D eigenvalue weighted by Crippen LogP contribution is 2.34. The Labute approximate surface area is 466 Å². The van der Waals surface area contributed by atoms with E-state index in [4.69, 9.17) is 66.7 Å². The molecule has 4 aromatic rings. The molecule has 4 aromatic carbocycles. The van der Waals surface area contributed by atoms with Crippen molar-refractivity contribution in [2.24, 2.45) is 17.6 Å². The van der Waals surface area contributed by atoms with Crippen LogP contribution in [0, 0.1) is 11.8 Å². The summed E-state index contributed by atoms with van der Waals surface area (Å²) < 4.78 is 11.7. The van der Waals surface area contributed by atoms with Crippen molar-refractivity contribution >= 4 is 69.7 Å². The van der Waals surface area contributed by atoms with Crippen LogP contribution in [0.3, 0.4) is 0 Å². The van der Waals surface area contributed by atoms with E-state index in [-0.39, 0.29) is 48.6 Å². The molecule has 416 valence electrons. The predicted molar refractivity (Wildman–Crippen MR) is 308 cm³/mol.